The molecule has 0 spiro atoms. The van der Waals surface area contributed by atoms with Crippen molar-refractivity contribution in [2.45, 2.75) is 18.4 Å². The summed E-state index contributed by atoms with van der Waals surface area (Å²) in [5.41, 5.74) is -0.924. The maximum absolute atomic E-state index is 9.80. The Hall–Kier alpha value is -0.860. The van der Waals surface area contributed by atoms with Crippen LogP contribution in [-0.2, 0) is 0 Å². The van der Waals surface area contributed by atoms with Crippen molar-refractivity contribution in [3.05, 3.63) is 37.5 Å². The summed E-state index contributed by atoms with van der Waals surface area (Å²) in [6.45, 7) is 7.03. The van der Waals surface area contributed by atoms with Crippen LogP contribution in [0, 0.1) is 0 Å². The third-order valence-electron chi connectivity index (χ3n) is 1.53. The van der Waals surface area contributed by atoms with Crippen molar-refractivity contribution in [2.75, 3.05) is 6.61 Å². The van der Waals surface area contributed by atoms with Crippen molar-refractivity contribution < 1.29 is 10.2 Å². The molecule has 2 nitrogen and oxygen atoms in total. The lowest BCUT2D eigenvalue weighted by atomic mass is 9.95. The third-order valence-corrected chi connectivity index (χ3v) is 1.53. The highest BCUT2D eigenvalue weighted by Crippen LogP contribution is 2.17. The number of rotatable bonds is 6. The van der Waals surface area contributed by atoms with Gasteiger partial charge in [0, 0.05) is 0 Å². The normalized spacial score (nSPS) is 11.8. The van der Waals surface area contributed by atoms with Crippen LogP contribution in [0.2, 0.25) is 0 Å². The lowest BCUT2D eigenvalue weighted by Crippen LogP contribution is -2.23. The zero-order chi connectivity index (χ0) is 9.45. The van der Waals surface area contributed by atoms with Crippen LogP contribution in [0.4, 0.5) is 0 Å². The van der Waals surface area contributed by atoms with Crippen LogP contribution in [0.25, 0.3) is 0 Å². The summed E-state index contributed by atoms with van der Waals surface area (Å²) in [5, 5.41) is 18.3. The zero-order valence-corrected chi connectivity index (χ0v) is 7.24. The SMILES string of the molecule is C=CCC(O)(/C=C/CO)CC=C. The fourth-order valence-corrected chi connectivity index (χ4v) is 0.991. The second kappa shape index (κ2) is 5.75. The van der Waals surface area contributed by atoms with Crippen LogP contribution in [0.5, 0.6) is 0 Å². The molecule has 0 aliphatic carbocycles. The smallest absolute Gasteiger partial charge is 0.0896 e. The molecule has 0 aromatic heterocycles. The van der Waals surface area contributed by atoms with Gasteiger partial charge in [0.2, 0.25) is 0 Å². The number of aliphatic hydroxyl groups is 2. The monoisotopic (exact) mass is 168 g/mol. The molecular weight excluding hydrogens is 152 g/mol. The summed E-state index contributed by atoms with van der Waals surface area (Å²) in [7, 11) is 0. The summed E-state index contributed by atoms with van der Waals surface area (Å²) in [6.07, 6.45) is 7.32. The van der Waals surface area contributed by atoms with Gasteiger partial charge in [0.25, 0.3) is 0 Å². The van der Waals surface area contributed by atoms with E-state index in [0.717, 1.165) is 0 Å². The van der Waals surface area contributed by atoms with E-state index in [0.29, 0.717) is 12.8 Å². The van der Waals surface area contributed by atoms with Crippen LogP contribution >= 0.6 is 0 Å². The fourth-order valence-electron chi connectivity index (χ4n) is 0.991. The van der Waals surface area contributed by atoms with E-state index in [-0.39, 0.29) is 6.61 Å². The Kier molecular flexibility index (Phi) is 5.34. The first kappa shape index (κ1) is 11.1. The lowest BCUT2D eigenvalue weighted by molar-refractivity contribution is 0.0969. The molecule has 2 N–H and O–H groups in total. The molecule has 0 amide bonds. The van der Waals surface area contributed by atoms with Gasteiger partial charge in [-0.3, -0.25) is 0 Å². The number of hydrogen-bond acceptors (Lipinski definition) is 2. The highest BCUT2D eigenvalue weighted by Gasteiger charge is 2.18. The quantitative estimate of drug-likeness (QED) is 0.589. The van der Waals surface area contributed by atoms with Crippen molar-refractivity contribution >= 4 is 0 Å². The third kappa shape index (κ3) is 4.11. The van der Waals surface area contributed by atoms with E-state index in [1.165, 1.54) is 6.08 Å². The van der Waals surface area contributed by atoms with Crippen LogP contribution < -0.4 is 0 Å². The molecule has 0 unspecified atom stereocenters. The van der Waals surface area contributed by atoms with E-state index in [2.05, 4.69) is 13.2 Å². The lowest BCUT2D eigenvalue weighted by Gasteiger charge is -2.20. The van der Waals surface area contributed by atoms with Gasteiger partial charge < -0.3 is 10.2 Å². The first-order valence-electron chi connectivity index (χ1n) is 3.91. The minimum absolute atomic E-state index is 0.0589. The molecule has 0 aliphatic rings. The van der Waals surface area contributed by atoms with Gasteiger partial charge >= 0.3 is 0 Å². The van der Waals surface area contributed by atoms with E-state index in [1.807, 2.05) is 0 Å². The van der Waals surface area contributed by atoms with Gasteiger partial charge in [-0.15, -0.1) is 13.2 Å². The molecule has 0 rings (SSSR count). The standard InChI is InChI=1S/C10H16O2/c1-3-6-10(12,7-4-2)8-5-9-11/h3-5,8,11-12H,1-2,6-7,9H2/b8-5+. The molecule has 0 atom stereocenters. The molecule has 68 valence electrons. The van der Waals surface area contributed by atoms with Gasteiger partial charge in [0.15, 0.2) is 0 Å². The summed E-state index contributed by atoms with van der Waals surface area (Å²) in [5.74, 6) is 0. The number of aliphatic hydroxyl groups excluding tert-OH is 1. The molecular formula is C10H16O2. The summed E-state index contributed by atoms with van der Waals surface area (Å²) < 4.78 is 0. The molecule has 0 aliphatic heterocycles. The van der Waals surface area contributed by atoms with Gasteiger partial charge in [-0.1, -0.05) is 24.3 Å². The van der Waals surface area contributed by atoms with E-state index in [9.17, 15) is 5.11 Å². The van der Waals surface area contributed by atoms with Gasteiger partial charge in [-0.05, 0) is 12.8 Å². The average Bonchev–Trinajstić information content (AvgIpc) is 2.02. The minimum Gasteiger partial charge on any atom is -0.392 e. The molecule has 0 heterocycles. The molecule has 0 fully saturated rings. The second-order valence-electron chi connectivity index (χ2n) is 2.67. The summed E-state index contributed by atoms with van der Waals surface area (Å²) >= 11 is 0. The first-order valence-corrected chi connectivity index (χ1v) is 3.91. The number of hydrogen-bond donors (Lipinski definition) is 2. The van der Waals surface area contributed by atoms with Crippen molar-refractivity contribution in [1.29, 1.82) is 0 Å². The van der Waals surface area contributed by atoms with Crippen molar-refractivity contribution in [1.82, 2.24) is 0 Å². The molecule has 0 aromatic rings. The van der Waals surface area contributed by atoms with E-state index in [1.54, 1.807) is 18.2 Å². The highest BCUT2D eigenvalue weighted by molar-refractivity contribution is 5.06. The van der Waals surface area contributed by atoms with Crippen LogP contribution in [0.3, 0.4) is 0 Å². The Balaban J connectivity index is 4.25. The van der Waals surface area contributed by atoms with E-state index in [4.69, 9.17) is 5.11 Å². The summed E-state index contributed by atoms with van der Waals surface area (Å²) in [4.78, 5) is 0. The topological polar surface area (TPSA) is 40.5 Å². The van der Waals surface area contributed by atoms with Crippen LogP contribution in [-0.4, -0.2) is 22.4 Å². The highest BCUT2D eigenvalue weighted by atomic mass is 16.3. The molecule has 0 saturated carbocycles. The van der Waals surface area contributed by atoms with Gasteiger partial charge in [-0.25, -0.2) is 0 Å². The van der Waals surface area contributed by atoms with E-state index < -0.39 is 5.60 Å². The predicted molar refractivity (Wildman–Crippen MR) is 50.8 cm³/mol. The van der Waals surface area contributed by atoms with Gasteiger partial charge in [0.05, 0.1) is 12.2 Å². The first-order chi connectivity index (χ1) is 5.68. The van der Waals surface area contributed by atoms with Gasteiger partial charge in [-0.2, -0.15) is 0 Å². The largest absolute Gasteiger partial charge is 0.392 e. The Bertz CT molecular complexity index is 161. The molecule has 0 aromatic carbocycles. The Morgan fingerprint density at radius 3 is 2.00 bits per heavy atom. The molecule has 2 heteroatoms. The van der Waals surface area contributed by atoms with Crippen molar-refractivity contribution in [3.8, 4) is 0 Å². The van der Waals surface area contributed by atoms with Crippen molar-refractivity contribution in [3.63, 3.8) is 0 Å². The predicted octanol–water partition coefficient (Wildman–Crippen LogP) is 1.42. The fraction of sp³-hybridized carbons (Fsp3) is 0.400. The maximum atomic E-state index is 9.80. The Morgan fingerprint density at radius 2 is 1.67 bits per heavy atom. The molecule has 0 bridgehead atoms. The zero-order valence-electron chi connectivity index (χ0n) is 7.24. The van der Waals surface area contributed by atoms with Gasteiger partial charge in [0.1, 0.15) is 0 Å². The van der Waals surface area contributed by atoms with Crippen LogP contribution in [0.1, 0.15) is 12.8 Å². The minimum atomic E-state index is -0.924. The Morgan fingerprint density at radius 1 is 1.17 bits per heavy atom. The van der Waals surface area contributed by atoms with Crippen molar-refractivity contribution in [2.24, 2.45) is 0 Å². The molecule has 0 radical (unpaired) electrons. The molecule has 0 saturated heterocycles. The van der Waals surface area contributed by atoms with Crippen LogP contribution in [0.15, 0.2) is 37.5 Å². The van der Waals surface area contributed by atoms with E-state index >= 15 is 0 Å². The molecule has 12 heavy (non-hydrogen) atoms. The maximum Gasteiger partial charge on any atom is 0.0896 e. The average molecular weight is 168 g/mol. The summed E-state index contributed by atoms with van der Waals surface area (Å²) in [6, 6.07) is 0. The Labute approximate surface area is 73.5 Å². The second-order valence-corrected chi connectivity index (χ2v) is 2.67.